The molecule has 2 unspecified atom stereocenters. The van der Waals surface area contributed by atoms with E-state index < -0.39 is 0 Å². The van der Waals surface area contributed by atoms with E-state index in [1.165, 1.54) is 5.56 Å². The molecule has 0 bridgehead atoms. The third kappa shape index (κ3) is 4.25. The van der Waals surface area contributed by atoms with Gasteiger partial charge in [0.05, 0.1) is 17.7 Å². The Hall–Kier alpha value is -3.08. The molecule has 1 aliphatic rings. The van der Waals surface area contributed by atoms with E-state index in [0.717, 1.165) is 35.2 Å². The average molecular weight is 401 g/mol. The molecule has 0 fully saturated rings. The van der Waals surface area contributed by atoms with Crippen LogP contribution < -0.4 is 5.32 Å². The minimum Gasteiger partial charge on any atom is -0.349 e. The van der Waals surface area contributed by atoms with Crippen molar-refractivity contribution in [3.63, 3.8) is 0 Å². The van der Waals surface area contributed by atoms with Gasteiger partial charge < -0.3 is 5.32 Å². The van der Waals surface area contributed by atoms with Crippen LogP contribution in [0.4, 0.5) is 0 Å². The molecule has 3 aromatic rings. The van der Waals surface area contributed by atoms with E-state index in [-0.39, 0.29) is 23.3 Å². The second-order valence-electron chi connectivity index (χ2n) is 9.07. The maximum atomic E-state index is 13.0. The number of hydrogen-bond donors (Lipinski definition) is 1. The Morgan fingerprint density at radius 3 is 2.53 bits per heavy atom. The first-order valence-electron chi connectivity index (χ1n) is 10.5. The number of aryl methyl sites for hydroxylation is 1. The molecule has 1 amide bonds. The van der Waals surface area contributed by atoms with E-state index in [9.17, 15) is 4.79 Å². The van der Waals surface area contributed by atoms with Crippen LogP contribution in [0.1, 0.15) is 61.5 Å². The summed E-state index contributed by atoms with van der Waals surface area (Å²) in [5.74, 6) is 0.522. The highest BCUT2D eigenvalue weighted by atomic mass is 16.1. The fourth-order valence-corrected chi connectivity index (χ4v) is 4.12. The number of carbonyl (C=O) groups excluding carboxylic acids is 1. The molecule has 4 rings (SSSR count). The summed E-state index contributed by atoms with van der Waals surface area (Å²) in [5.41, 5.74) is 5.25. The molecule has 2 aromatic heterocycles. The number of carbonyl (C=O) groups is 1. The summed E-state index contributed by atoms with van der Waals surface area (Å²) in [6.07, 6.45) is 7.11. The lowest BCUT2D eigenvalue weighted by atomic mass is 9.74. The predicted molar refractivity (Wildman–Crippen MR) is 118 cm³/mol. The average Bonchev–Trinajstić information content (AvgIpc) is 2.73. The predicted octanol–water partition coefficient (Wildman–Crippen LogP) is 4.78. The van der Waals surface area contributed by atoms with Crippen molar-refractivity contribution in [1.29, 1.82) is 0 Å². The van der Waals surface area contributed by atoms with Crippen molar-refractivity contribution in [3.8, 4) is 11.4 Å². The van der Waals surface area contributed by atoms with Crippen LogP contribution in [0.5, 0.6) is 0 Å². The van der Waals surface area contributed by atoms with Gasteiger partial charge >= 0.3 is 0 Å². The maximum Gasteiger partial charge on any atom is 0.227 e. The van der Waals surface area contributed by atoms with Crippen molar-refractivity contribution in [3.05, 3.63) is 77.4 Å². The quantitative estimate of drug-likeness (QED) is 0.684. The summed E-state index contributed by atoms with van der Waals surface area (Å²) in [6, 6.07) is 11.9. The van der Waals surface area contributed by atoms with Gasteiger partial charge in [0.15, 0.2) is 5.82 Å². The zero-order chi connectivity index (χ0) is 21.3. The summed E-state index contributed by atoms with van der Waals surface area (Å²) >= 11 is 0. The summed E-state index contributed by atoms with van der Waals surface area (Å²) in [5, 5.41) is 3.27. The lowest BCUT2D eigenvalue weighted by Crippen LogP contribution is -2.38. The Morgan fingerprint density at radius 2 is 1.83 bits per heavy atom. The van der Waals surface area contributed by atoms with Crippen LogP contribution in [0.2, 0.25) is 0 Å². The van der Waals surface area contributed by atoms with Crippen LogP contribution in [0, 0.1) is 12.3 Å². The third-order valence-electron chi connectivity index (χ3n) is 5.90. The largest absolute Gasteiger partial charge is 0.349 e. The van der Waals surface area contributed by atoms with Crippen LogP contribution in [-0.4, -0.2) is 20.9 Å². The van der Waals surface area contributed by atoms with Crippen molar-refractivity contribution in [2.45, 2.75) is 52.5 Å². The van der Waals surface area contributed by atoms with Crippen molar-refractivity contribution < 1.29 is 4.79 Å². The summed E-state index contributed by atoms with van der Waals surface area (Å²) < 4.78 is 0. The lowest BCUT2D eigenvalue weighted by molar-refractivity contribution is -0.123. The number of fused-ring (bicyclic) bond motifs is 1. The number of nitrogens with zero attached hydrogens (tertiary/aromatic N) is 3. The van der Waals surface area contributed by atoms with Crippen LogP contribution >= 0.6 is 0 Å². The maximum absolute atomic E-state index is 13.0. The summed E-state index contributed by atoms with van der Waals surface area (Å²) in [6.45, 7) is 8.47. The Labute approximate surface area is 178 Å². The molecule has 2 atom stereocenters. The fraction of sp³-hybridized carbons (Fsp3) is 0.360. The Balaban J connectivity index is 1.60. The van der Waals surface area contributed by atoms with Crippen molar-refractivity contribution in [1.82, 2.24) is 20.3 Å². The Kier molecular flexibility index (Phi) is 5.37. The molecule has 1 N–H and O–H groups in total. The van der Waals surface area contributed by atoms with E-state index in [2.05, 4.69) is 36.1 Å². The van der Waals surface area contributed by atoms with E-state index in [0.29, 0.717) is 5.82 Å². The first-order valence-corrected chi connectivity index (χ1v) is 10.5. The number of benzene rings is 1. The number of aromatic nitrogens is 3. The molecular formula is C25H28N4O. The van der Waals surface area contributed by atoms with Gasteiger partial charge in [-0.15, -0.1) is 0 Å². The monoisotopic (exact) mass is 400 g/mol. The van der Waals surface area contributed by atoms with Crippen LogP contribution in [0.25, 0.3) is 11.4 Å². The van der Waals surface area contributed by atoms with E-state index in [1.54, 1.807) is 12.4 Å². The van der Waals surface area contributed by atoms with Gasteiger partial charge in [-0.05, 0) is 49.8 Å². The van der Waals surface area contributed by atoms with Crippen molar-refractivity contribution in [2.75, 3.05) is 0 Å². The minimum absolute atomic E-state index is 0.0331. The smallest absolute Gasteiger partial charge is 0.227 e. The number of hydrogen-bond acceptors (Lipinski definition) is 4. The zero-order valence-corrected chi connectivity index (χ0v) is 18.0. The molecule has 0 saturated carbocycles. The molecule has 0 radical (unpaired) electrons. The summed E-state index contributed by atoms with van der Waals surface area (Å²) in [7, 11) is 0. The van der Waals surface area contributed by atoms with Gasteiger partial charge in [0.2, 0.25) is 5.91 Å². The zero-order valence-electron chi connectivity index (χ0n) is 18.0. The fourth-order valence-electron chi connectivity index (χ4n) is 4.12. The van der Waals surface area contributed by atoms with Gasteiger partial charge in [-0.2, -0.15) is 0 Å². The molecule has 154 valence electrons. The number of rotatable bonds is 4. The Morgan fingerprint density at radius 1 is 1.13 bits per heavy atom. The molecule has 5 nitrogen and oxygen atoms in total. The lowest BCUT2D eigenvalue weighted by Gasteiger charge is -2.37. The van der Waals surface area contributed by atoms with Crippen LogP contribution in [0.15, 0.2) is 55.0 Å². The second-order valence-corrected chi connectivity index (χ2v) is 9.07. The Bertz CT molecular complexity index is 1040. The van der Waals surface area contributed by atoms with Gasteiger partial charge in [-0.3, -0.25) is 9.78 Å². The minimum atomic E-state index is -0.212. The molecule has 2 heterocycles. The van der Waals surface area contributed by atoms with E-state index >= 15 is 0 Å². The van der Waals surface area contributed by atoms with Crippen molar-refractivity contribution in [2.24, 2.45) is 5.41 Å². The molecular weight excluding hydrogens is 372 g/mol. The third-order valence-corrected chi connectivity index (χ3v) is 5.90. The van der Waals surface area contributed by atoms with E-state index in [4.69, 9.17) is 4.98 Å². The van der Waals surface area contributed by atoms with Crippen LogP contribution in [-0.2, 0) is 11.2 Å². The topological polar surface area (TPSA) is 67.8 Å². The first kappa shape index (κ1) is 20.2. The van der Waals surface area contributed by atoms with Gasteiger partial charge in [0.25, 0.3) is 0 Å². The summed E-state index contributed by atoms with van der Waals surface area (Å²) in [4.78, 5) is 26.6. The van der Waals surface area contributed by atoms with E-state index in [1.807, 2.05) is 49.5 Å². The molecule has 5 heteroatoms. The van der Waals surface area contributed by atoms with Gasteiger partial charge in [-0.1, -0.05) is 43.7 Å². The second kappa shape index (κ2) is 7.98. The van der Waals surface area contributed by atoms with Crippen molar-refractivity contribution >= 4 is 5.91 Å². The van der Waals surface area contributed by atoms with Gasteiger partial charge in [-0.25, -0.2) is 9.97 Å². The molecule has 30 heavy (non-hydrogen) atoms. The number of amides is 1. The highest BCUT2D eigenvalue weighted by Gasteiger charge is 2.35. The molecule has 0 aliphatic heterocycles. The highest BCUT2D eigenvalue weighted by Crippen LogP contribution is 2.40. The van der Waals surface area contributed by atoms with Gasteiger partial charge in [0, 0.05) is 29.7 Å². The number of pyridine rings is 1. The SMILES string of the molecule is Cc1ccc(C(C)C(=O)NC2CC(C)(C)Cc3nc(-c4ccncc4)ncc32)cc1. The normalized spacial score (nSPS) is 18.3. The van der Waals surface area contributed by atoms with Gasteiger partial charge in [0.1, 0.15) is 0 Å². The molecule has 0 spiro atoms. The molecule has 1 aromatic carbocycles. The van der Waals surface area contributed by atoms with Crippen LogP contribution in [0.3, 0.4) is 0 Å². The highest BCUT2D eigenvalue weighted by molar-refractivity contribution is 5.83. The number of nitrogens with one attached hydrogen (secondary N) is 1. The molecule has 0 saturated heterocycles. The molecule has 1 aliphatic carbocycles. The standard InChI is InChI=1S/C25H28N4O/c1-16-5-7-18(8-6-16)17(2)24(30)29-22-14-25(3,4)13-21-20(22)15-27-23(28-21)19-9-11-26-12-10-19/h5-12,15,17,22H,13-14H2,1-4H3,(H,29,30). The first-order chi connectivity index (χ1) is 14.3.